The number of aliphatic carboxylic acids is 1. The van der Waals surface area contributed by atoms with Gasteiger partial charge in [0.1, 0.15) is 0 Å². The molecule has 0 bridgehead atoms. The van der Waals surface area contributed by atoms with Crippen LogP contribution in [0.2, 0.25) is 0 Å². The molecule has 1 aliphatic rings. The second kappa shape index (κ2) is 3.31. The van der Waals surface area contributed by atoms with E-state index in [1.807, 2.05) is 30.5 Å². The second-order valence-corrected chi connectivity index (χ2v) is 4.50. The third-order valence-electron chi connectivity index (χ3n) is 2.78. The molecule has 0 unspecified atom stereocenters. The van der Waals surface area contributed by atoms with Gasteiger partial charge in [0.05, 0.1) is 5.41 Å². The molecule has 0 aromatic heterocycles. The average molecular weight is 208 g/mol. The van der Waals surface area contributed by atoms with E-state index in [2.05, 4.69) is 0 Å². The molecule has 0 heterocycles. The molecule has 0 saturated heterocycles. The molecule has 14 heavy (non-hydrogen) atoms. The SMILES string of the molecule is CSc1cccc(C2(C(=O)O)CC2)c1. The Kier molecular flexibility index (Phi) is 2.27. The van der Waals surface area contributed by atoms with Crippen molar-refractivity contribution < 1.29 is 9.90 Å². The van der Waals surface area contributed by atoms with Crippen LogP contribution in [0.4, 0.5) is 0 Å². The van der Waals surface area contributed by atoms with E-state index in [4.69, 9.17) is 5.11 Å². The van der Waals surface area contributed by atoms with Crippen molar-refractivity contribution in [3.05, 3.63) is 29.8 Å². The van der Waals surface area contributed by atoms with Crippen LogP contribution < -0.4 is 0 Å². The predicted molar refractivity (Wildman–Crippen MR) is 56.8 cm³/mol. The van der Waals surface area contributed by atoms with E-state index in [1.165, 1.54) is 0 Å². The maximum absolute atomic E-state index is 11.1. The first kappa shape index (κ1) is 9.59. The highest BCUT2D eigenvalue weighted by atomic mass is 32.2. The number of benzene rings is 1. The Hall–Kier alpha value is -0.960. The molecule has 74 valence electrons. The predicted octanol–water partition coefficient (Wildman–Crippen LogP) is 2.52. The van der Waals surface area contributed by atoms with Crippen LogP contribution in [0.25, 0.3) is 0 Å². The van der Waals surface area contributed by atoms with Gasteiger partial charge in [-0.1, -0.05) is 12.1 Å². The van der Waals surface area contributed by atoms with Crippen molar-refractivity contribution in [2.75, 3.05) is 6.26 Å². The van der Waals surface area contributed by atoms with Gasteiger partial charge in [-0.2, -0.15) is 0 Å². The zero-order valence-corrected chi connectivity index (χ0v) is 8.80. The summed E-state index contributed by atoms with van der Waals surface area (Å²) in [6.45, 7) is 0. The summed E-state index contributed by atoms with van der Waals surface area (Å²) in [7, 11) is 0. The lowest BCUT2D eigenvalue weighted by Crippen LogP contribution is -2.19. The first-order chi connectivity index (χ1) is 6.69. The fourth-order valence-corrected chi connectivity index (χ4v) is 2.13. The Morgan fingerprint density at radius 2 is 2.21 bits per heavy atom. The van der Waals surface area contributed by atoms with Crippen LogP contribution in [-0.4, -0.2) is 17.3 Å². The molecule has 2 nitrogen and oxygen atoms in total. The number of hydrogen-bond acceptors (Lipinski definition) is 2. The van der Waals surface area contributed by atoms with Crippen LogP contribution in [0.3, 0.4) is 0 Å². The molecule has 1 fully saturated rings. The van der Waals surface area contributed by atoms with Gasteiger partial charge in [-0.15, -0.1) is 11.8 Å². The summed E-state index contributed by atoms with van der Waals surface area (Å²) >= 11 is 1.65. The Labute approximate surface area is 87.3 Å². The fourth-order valence-electron chi connectivity index (χ4n) is 1.67. The number of carboxylic acids is 1. The van der Waals surface area contributed by atoms with Crippen LogP contribution in [0.5, 0.6) is 0 Å². The molecule has 1 aromatic carbocycles. The number of carbonyl (C=O) groups is 1. The Morgan fingerprint density at radius 3 is 2.71 bits per heavy atom. The molecule has 0 atom stereocenters. The van der Waals surface area contributed by atoms with E-state index in [0.717, 1.165) is 23.3 Å². The van der Waals surface area contributed by atoms with Crippen molar-refractivity contribution in [3.8, 4) is 0 Å². The molecule has 0 radical (unpaired) electrons. The van der Waals surface area contributed by atoms with E-state index in [1.54, 1.807) is 11.8 Å². The van der Waals surface area contributed by atoms with E-state index >= 15 is 0 Å². The first-order valence-corrected chi connectivity index (χ1v) is 5.79. The number of hydrogen-bond donors (Lipinski definition) is 1. The van der Waals surface area contributed by atoms with Gasteiger partial charge < -0.3 is 5.11 Å². The number of thioether (sulfide) groups is 1. The summed E-state index contributed by atoms with van der Waals surface area (Å²) in [5.74, 6) is -0.684. The minimum absolute atomic E-state index is 0.564. The maximum Gasteiger partial charge on any atom is 0.314 e. The first-order valence-electron chi connectivity index (χ1n) is 4.57. The van der Waals surface area contributed by atoms with Crippen molar-refractivity contribution in [2.24, 2.45) is 0 Å². The summed E-state index contributed by atoms with van der Waals surface area (Å²) in [6.07, 6.45) is 3.56. The summed E-state index contributed by atoms with van der Waals surface area (Å²) in [6, 6.07) is 7.85. The minimum atomic E-state index is -0.684. The minimum Gasteiger partial charge on any atom is -0.481 e. The zero-order chi connectivity index (χ0) is 10.2. The van der Waals surface area contributed by atoms with Crippen molar-refractivity contribution in [1.82, 2.24) is 0 Å². The summed E-state index contributed by atoms with van der Waals surface area (Å²) in [4.78, 5) is 12.2. The van der Waals surface area contributed by atoms with Gasteiger partial charge in [0.15, 0.2) is 0 Å². The Morgan fingerprint density at radius 1 is 1.50 bits per heavy atom. The van der Waals surface area contributed by atoms with Crippen molar-refractivity contribution in [1.29, 1.82) is 0 Å². The van der Waals surface area contributed by atoms with Crippen LogP contribution in [0, 0.1) is 0 Å². The lowest BCUT2D eigenvalue weighted by atomic mass is 9.96. The van der Waals surface area contributed by atoms with Crippen molar-refractivity contribution in [3.63, 3.8) is 0 Å². The normalized spacial score (nSPS) is 17.8. The van der Waals surface area contributed by atoms with Gasteiger partial charge in [0, 0.05) is 4.90 Å². The zero-order valence-electron chi connectivity index (χ0n) is 7.99. The highest BCUT2D eigenvalue weighted by molar-refractivity contribution is 7.98. The highest BCUT2D eigenvalue weighted by Gasteiger charge is 2.51. The summed E-state index contributed by atoms with van der Waals surface area (Å²) in [5, 5.41) is 9.11. The van der Waals surface area contributed by atoms with Gasteiger partial charge >= 0.3 is 5.97 Å². The third kappa shape index (κ3) is 1.42. The number of rotatable bonds is 3. The average Bonchev–Trinajstić information content (AvgIpc) is 2.98. The van der Waals surface area contributed by atoms with Crippen molar-refractivity contribution >= 4 is 17.7 Å². The van der Waals surface area contributed by atoms with Gasteiger partial charge in [-0.3, -0.25) is 4.79 Å². The molecule has 3 heteroatoms. The standard InChI is InChI=1S/C11H12O2S/c1-14-9-4-2-3-8(7-9)11(5-6-11)10(12)13/h2-4,7H,5-6H2,1H3,(H,12,13). The Balaban J connectivity index is 2.37. The second-order valence-electron chi connectivity index (χ2n) is 3.62. The fraction of sp³-hybridized carbons (Fsp3) is 0.364. The highest BCUT2D eigenvalue weighted by Crippen LogP contribution is 2.48. The number of carboxylic acid groups (broad SMARTS) is 1. The topological polar surface area (TPSA) is 37.3 Å². The van der Waals surface area contributed by atoms with E-state index in [-0.39, 0.29) is 0 Å². The largest absolute Gasteiger partial charge is 0.481 e. The summed E-state index contributed by atoms with van der Waals surface area (Å²) < 4.78 is 0. The molecule has 1 saturated carbocycles. The van der Waals surface area contributed by atoms with Crippen LogP contribution in [-0.2, 0) is 10.2 Å². The van der Waals surface area contributed by atoms with E-state index in [0.29, 0.717) is 0 Å². The molecule has 0 amide bonds. The van der Waals surface area contributed by atoms with Crippen molar-refractivity contribution in [2.45, 2.75) is 23.2 Å². The molecule has 0 aliphatic heterocycles. The quantitative estimate of drug-likeness (QED) is 0.775. The molecular weight excluding hydrogens is 196 g/mol. The lowest BCUT2D eigenvalue weighted by Gasteiger charge is -2.10. The molecule has 0 spiro atoms. The van der Waals surface area contributed by atoms with Gasteiger partial charge in [0.2, 0.25) is 0 Å². The van der Waals surface area contributed by atoms with Crippen LogP contribution in [0.15, 0.2) is 29.2 Å². The Bertz CT molecular complexity index is 369. The van der Waals surface area contributed by atoms with Crippen LogP contribution >= 0.6 is 11.8 Å². The molecule has 1 N–H and O–H groups in total. The summed E-state index contributed by atoms with van der Waals surface area (Å²) in [5.41, 5.74) is 0.392. The van der Waals surface area contributed by atoms with E-state index in [9.17, 15) is 4.79 Å². The maximum atomic E-state index is 11.1. The van der Waals surface area contributed by atoms with Gasteiger partial charge in [-0.25, -0.2) is 0 Å². The smallest absolute Gasteiger partial charge is 0.314 e. The van der Waals surface area contributed by atoms with E-state index < -0.39 is 11.4 Å². The molecule has 1 aliphatic carbocycles. The molecular formula is C11H12O2S. The third-order valence-corrected chi connectivity index (χ3v) is 3.51. The monoisotopic (exact) mass is 208 g/mol. The van der Waals surface area contributed by atoms with Gasteiger partial charge in [0.25, 0.3) is 0 Å². The molecule has 2 rings (SSSR count). The molecule has 1 aromatic rings. The lowest BCUT2D eigenvalue weighted by molar-refractivity contribution is -0.140. The van der Waals surface area contributed by atoms with Gasteiger partial charge in [-0.05, 0) is 36.8 Å². The van der Waals surface area contributed by atoms with Crippen LogP contribution in [0.1, 0.15) is 18.4 Å².